The maximum absolute atomic E-state index is 10.6. The Bertz CT molecular complexity index is 642. The van der Waals surface area contributed by atoms with Crippen molar-refractivity contribution in [3.63, 3.8) is 0 Å². The van der Waals surface area contributed by atoms with Crippen LogP contribution in [-0.2, 0) is 0 Å². The Morgan fingerprint density at radius 1 is 0.810 bits per heavy atom. The van der Waals surface area contributed by atoms with Gasteiger partial charge in [0.25, 0.3) is 0 Å². The summed E-state index contributed by atoms with van der Waals surface area (Å²) in [7, 11) is 0. The van der Waals surface area contributed by atoms with Crippen LogP contribution in [0.4, 0.5) is 0 Å². The lowest BCUT2D eigenvalue weighted by atomic mass is 10.0. The molecular weight excluding hydrogens is 268 g/mol. The predicted octanol–water partition coefficient (Wildman–Crippen LogP) is 3.69. The first-order chi connectivity index (χ1) is 9.82. The zero-order chi connectivity index (χ0) is 16.0. The Hall–Kier alpha value is -2.62. The van der Waals surface area contributed by atoms with Crippen LogP contribution in [0.2, 0.25) is 0 Å². The molecule has 4 nitrogen and oxygen atoms in total. The monoisotopic (exact) mass is 286 g/mol. The molecule has 2 aromatic carbocycles. The van der Waals surface area contributed by atoms with Crippen LogP contribution in [0, 0.1) is 20.8 Å². The van der Waals surface area contributed by atoms with Gasteiger partial charge in [0, 0.05) is 0 Å². The third-order valence-electron chi connectivity index (χ3n) is 3.13. The second kappa shape index (κ2) is 7.24. The molecule has 0 radical (unpaired) electrons. The first-order valence-corrected chi connectivity index (χ1v) is 6.42. The van der Waals surface area contributed by atoms with Crippen LogP contribution < -0.4 is 0 Å². The summed E-state index contributed by atoms with van der Waals surface area (Å²) in [6.45, 7) is 5.65. The molecule has 110 valence electrons. The lowest BCUT2D eigenvalue weighted by molar-refractivity contribution is 0.0685. The molecule has 0 aliphatic carbocycles. The predicted molar refractivity (Wildman–Crippen MR) is 81.0 cm³/mol. The van der Waals surface area contributed by atoms with E-state index in [2.05, 4.69) is 0 Å². The quantitative estimate of drug-likeness (QED) is 0.882. The summed E-state index contributed by atoms with van der Waals surface area (Å²) in [4.78, 5) is 20.9. The van der Waals surface area contributed by atoms with E-state index < -0.39 is 11.9 Å². The Morgan fingerprint density at radius 3 is 1.81 bits per heavy atom. The van der Waals surface area contributed by atoms with Gasteiger partial charge in [0.05, 0.1) is 11.1 Å². The van der Waals surface area contributed by atoms with Crippen molar-refractivity contribution in [2.45, 2.75) is 20.8 Å². The molecule has 2 rings (SSSR count). The molecule has 21 heavy (non-hydrogen) atoms. The third kappa shape index (κ3) is 4.76. The highest BCUT2D eigenvalue weighted by Crippen LogP contribution is 2.11. The van der Waals surface area contributed by atoms with Crippen molar-refractivity contribution in [3.05, 3.63) is 70.3 Å². The molecule has 0 fully saturated rings. The van der Waals surface area contributed by atoms with E-state index >= 15 is 0 Å². The lowest BCUT2D eigenvalue weighted by Crippen LogP contribution is -2.00. The fourth-order valence-corrected chi connectivity index (χ4v) is 1.68. The zero-order valence-corrected chi connectivity index (χ0v) is 12.3. The maximum Gasteiger partial charge on any atom is 0.335 e. The van der Waals surface area contributed by atoms with Gasteiger partial charge in [0.15, 0.2) is 0 Å². The number of carboxylic acids is 2. The van der Waals surface area contributed by atoms with Gasteiger partial charge < -0.3 is 10.2 Å². The Labute approximate surface area is 123 Å². The Kier molecular flexibility index (Phi) is 5.67. The normalized spacial score (nSPS) is 9.48. The average molecular weight is 286 g/mol. The van der Waals surface area contributed by atoms with Crippen molar-refractivity contribution >= 4 is 11.9 Å². The SMILES string of the molecule is Cc1ccc(C(=O)O)cc1.Cc1cccc(C(=O)O)c1C. The van der Waals surface area contributed by atoms with Crippen LogP contribution in [0.15, 0.2) is 42.5 Å². The van der Waals surface area contributed by atoms with Crippen molar-refractivity contribution in [2.24, 2.45) is 0 Å². The van der Waals surface area contributed by atoms with Crippen LogP contribution in [0.1, 0.15) is 37.4 Å². The van der Waals surface area contributed by atoms with Crippen LogP contribution in [0.3, 0.4) is 0 Å². The minimum Gasteiger partial charge on any atom is -0.478 e. The number of hydrogen-bond acceptors (Lipinski definition) is 2. The smallest absolute Gasteiger partial charge is 0.335 e. The number of rotatable bonds is 2. The van der Waals surface area contributed by atoms with Crippen LogP contribution in [-0.4, -0.2) is 22.2 Å². The van der Waals surface area contributed by atoms with Crippen molar-refractivity contribution in [1.29, 1.82) is 0 Å². The summed E-state index contributed by atoms with van der Waals surface area (Å²) in [5.41, 5.74) is 3.67. The highest BCUT2D eigenvalue weighted by Gasteiger charge is 2.06. The number of benzene rings is 2. The van der Waals surface area contributed by atoms with Gasteiger partial charge in [-0.05, 0) is 50.1 Å². The van der Waals surface area contributed by atoms with Crippen LogP contribution >= 0.6 is 0 Å². The van der Waals surface area contributed by atoms with E-state index in [1.807, 2.05) is 26.8 Å². The molecule has 0 amide bonds. The molecule has 0 saturated heterocycles. The van der Waals surface area contributed by atoms with Gasteiger partial charge in [-0.25, -0.2) is 9.59 Å². The fourth-order valence-electron chi connectivity index (χ4n) is 1.68. The number of aromatic carboxylic acids is 2. The van der Waals surface area contributed by atoms with E-state index in [4.69, 9.17) is 10.2 Å². The number of carbonyl (C=O) groups is 2. The standard InChI is InChI=1S/C9H10O2.C8H8O2/c1-6-4-3-5-8(7(6)2)9(10)11;1-6-2-4-7(5-3-6)8(9)10/h3-5H,1-2H3,(H,10,11);2-5H,1H3,(H,9,10). The molecule has 0 bridgehead atoms. The topological polar surface area (TPSA) is 74.6 Å². The van der Waals surface area contributed by atoms with E-state index in [-0.39, 0.29) is 0 Å². The summed E-state index contributed by atoms with van der Waals surface area (Å²) in [5, 5.41) is 17.2. The molecule has 4 heteroatoms. The highest BCUT2D eigenvalue weighted by molar-refractivity contribution is 5.89. The summed E-state index contributed by atoms with van der Waals surface area (Å²) >= 11 is 0. The van der Waals surface area contributed by atoms with Crippen molar-refractivity contribution < 1.29 is 19.8 Å². The van der Waals surface area contributed by atoms with E-state index in [1.54, 1.807) is 36.4 Å². The molecular formula is C17H18O4. The summed E-state index contributed by atoms with van der Waals surface area (Å²) in [5.74, 6) is -1.73. The van der Waals surface area contributed by atoms with Gasteiger partial charge in [-0.15, -0.1) is 0 Å². The van der Waals surface area contributed by atoms with E-state index in [1.165, 1.54) is 0 Å². The van der Waals surface area contributed by atoms with Gasteiger partial charge in [0.1, 0.15) is 0 Å². The number of carboxylic acid groups (broad SMARTS) is 2. The average Bonchev–Trinajstić information content (AvgIpc) is 2.42. The first kappa shape index (κ1) is 16.4. The van der Waals surface area contributed by atoms with Crippen molar-refractivity contribution in [2.75, 3.05) is 0 Å². The molecule has 0 spiro atoms. The molecule has 0 aliphatic rings. The van der Waals surface area contributed by atoms with Gasteiger partial charge in [0.2, 0.25) is 0 Å². The Morgan fingerprint density at radius 2 is 1.38 bits per heavy atom. The third-order valence-corrected chi connectivity index (χ3v) is 3.13. The molecule has 2 aromatic rings. The summed E-state index contributed by atoms with van der Waals surface area (Å²) < 4.78 is 0. The second-order valence-electron chi connectivity index (χ2n) is 4.72. The van der Waals surface area contributed by atoms with Gasteiger partial charge >= 0.3 is 11.9 Å². The molecule has 0 unspecified atom stereocenters. The molecule has 0 saturated carbocycles. The largest absolute Gasteiger partial charge is 0.478 e. The molecule has 0 aliphatic heterocycles. The van der Waals surface area contributed by atoms with E-state index in [0.29, 0.717) is 11.1 Å². The van der Waals surface area contributed by atoms with E-state index in [0.717, 1.165) is 16.7 Å². The molecule has 0 heterocycles. The first-order valence-electron chi connectivity index (χ1n) is 6.42. The summed E-state index contributed by atoms with van der Waals surface area (Å²) in [6.07, 6.45) is 0. The van der Waals surface area contributed by atoms with E-state index in [9.17, 15) is 9.59 Å². The maximum atomic E-state index is 10.6. The molecule has 0 atom stereocenters. The van der Waals surface area contributed by atoms with Crippen molar-refractivity contribution in [1.82, 2.24) is 0 Å². The van der Waals surface area contributed by atoms with Crippen molar-refractivity contribution in [3.8, 4) is 0 Å². The lowest BCUT2D eigenvalue weighted by Gasteiger charge is -2.02. The second-order valence-corrected chi connectivity index (χ2v) is 4.72. The van der Waals surface area contributed by atoms with Gasteiger partial charge in [-0.1, -0.05) is 29.8 Å². The highest BCUT2D eigenvalue weighted by atomic mass is 16.4. The van der Waals surface area contributed by atoms with Gasteiger partial charge in [-0.3, -0.25) is 0 Å². The zero-order valence-electron chi connectivity index (χ0n) is 12.3. The minimum absolute atomic E-state index is 0.339. The Balaban J connectivity index is 0.000000211. The molecule has 0 aromatic heterocycles. The number of hydrogen-bond donors (Lipinski definition) is 2. The van der Waals surface area contributed by atoms with Crippen LogP contribution in [0.25, 0.3) is 0 Å². The van der Waals surface area contributed by atoms with Crippen LogP contribution in [0.5, 0.6) is 0 Å². The minimum atomic E-state index is -0.875. The van der Waals surface area contributed by atoms with Gasteiger partial charge in [-0.2, -0.15) is 0 Å². The number of aryl methyl sites for hydroxylation is 2. The molecule has 2 N–H and O–H groups in total. The summed E-state index contributed by atoms with van der Waals surface area (Å²) in [6, 6.07) is 12.0. The fraction of sp³-hybridized carbons (Fsp3) is 0.176.